The maximum Gasteiger partial charge on any atom is 0.258 e. The van der Waals surface area contributed by atoms with Crippen LogP contribution in [-0.4, -0.2) is 25.7 Å². The van der Waals surface area contributed by atoms with Crippen LogP contribution in [0.1, 0.15) is 11.1 Å². The minimum absolute atomic E-state index is 0.00842. The molecule has 0 radical (unpaired) electrons. The van der Waals surface area contributed by atoms with E-state index >= 15 is 0 Å². The van der Waals surface area contributed by atoms with Gasteiger partial charge in [-0.25, -0.2) is 0 Å². The van der Waals surface area contributed by atoms with Gasteiger partial charge in [0.05, 0.1) is 6.54 Å². The van der Waals surface area contributed by atoms with Crippen molar-refractivity contribution in [1.82, 2.24) is 5.32 Å². The van der Waals surface area contributed by atoms with Gasteiger partial charge < -0.3 is 14.8 Å². The van der Waals surface area contributed by atoms with Gasteiger partial charge in [0.2, 0.25) is 0 Å². The van der Waals surface area contributed by atoms with Gasteiger partial charge in [-0.2, -0.15) is 0 Å². The van der Waals surface area contributed by atoms with Gasteiger partial charge in [-0.1, -0.05) is 28.1 Å². The smallest absolute Gasteiger partial charge is 0.258 e. The molecule has 0 aliphatic heterocycles. The Morgan fingerprint density at radius 1 is 1.09 bits per heavy atom. The van der Waals surface area contributed by atoms with Crippen LogP contribution in [0, 0.1) is 13.8 Å². The van der Waals surface area contributed by atoms with E-state index in [0.29, 0.717) is 18.9 Å². The fraction of sp³-hybridized carbons (Fsp3) is 0.278. The molecule has 1 amide bonds. The summed E-state index contributed by atoms with van der Waals surface area (Å²) in [7, 11) is 0. The van der Waals surface area contributed by atoms with E-state index in [-0.39, 0.29) is 12.5 Å². The standard InChI is InChI=1S/C18H20BrNO3/c1-13-4-3-5-15(10-13)22-9-8-20-18(21)12-23-16-6-7-17(19)14(2)11-16/h3-7,10-11H,8-9,12H2,1-2H3,(H,20,21). The molecule has 0 spiro atoms. The highest BCUT2D eigenvalue weighted by molar-refractivity contribution is 9.10. The van der Waals surface area contributed by atoms with E-state index in [1.807, 2.05) is 56.3 Å². The van der Waals surface area contributed by atoms with Crippen molar-refractivity contribution in [3.8, 4) is 11.5 Å². The average Bonchev–Trinajstić information content (AvgIpc) is 2.53. The van der Waals surface area contributed by atoms with Crippen LogP contribution in [0.15, 0.2) is 46.9 Å². The van der Waals surface area contributed by atoms with Gasteiger partial charge in [0.15, 0.2) is 6.61 Å². The third kappa shape index (κ3) is 5.94. The lowest BCUT2D eigenvalue weighted by atomic mass is 10.2. The molecule has 122 valence electrons. The van der Waals surface area contributed by atoms with Crippen molar-refractivity contribution in [3.63, 3.8) is 0 Å². The Hall–Kier alpha value is -2.01. The third-order valence-corrected chi connectivity index (χ3v) is 4.07. The van der Waals surface area contributed by atoms with E-state index in [9.17, 15) is 4.79 Å². The first kappa shape index (κ1) is 17.3. The molecule has 0 unspecified atom stereocenters. The summed E-state index contributed by atoms with van der Waals surface area (Å²) in [6.45, 7) is 4.84. The summed E-state index contributed by atoms with van der Waals surface area (Å²) in [5, 5.41) is 2.77. The Labute approximate surface area is 144 Å². The zero-order valence-corrected chi connectivity index (χ0v) is 14.9. The lowest BCUT2D eigenvalue weighted by Gasteiger charge is -2.10. The number of hydrogen-bond acceptors (Lipinski definition) is 3. The summed E-state index contributed by atoms with van der Waals surface area (Å²) in [6.07, 6.45) is 0. The minimum atomic E-state index is -0.168. The molecule has 4 nitrogen and oxygen atoms in total. The van der Waals surface area contributed by atoms with Crippen LogP contribution in [0.4, 0.5) is 0 Å². The fourth-order valence-corrected chi connectivity index (χ4v) is 2.22. The van der Waals surface area contributed by atoms with Crippen molar-refractivity contribution >= 4 is 21.8 Å². The highest BCUT2D eigenvalue weighted by Gasteiger charge is 2.04. The molecular formula is C18H20BrNO3. The first-order valence-electron chi connectivity index (χ1n) is 7.40. The Morgan fingerprint density at radius 2 is 1.87 bits per heavy atom. The van der Waals surface area contributed by atoms with Crippen LogP contribution in [0.3, 0.4) is 0 Å². The molecule has 2 aromatic rings. The molecule has 2 rings (SSSR count). The second kappa shape index (κ2) is 8.58. The zero-order chi connectivity index (χ0) is 16.7. The van der Waals surface area contributed by atoms with Gasteiger partial charge in [-0.05, 0) is 55.3 Å². The normalized spacial score (nSPS) is 10.2. The Balaban J connectivity index is 1.66. The number of hydrogen-bond donors (Lipinski definition) is 1. The highest BCUT2D eigenvalue weighted by atomic mass is 79.9. The van der Waals surface area contributed by atoms with Crippen molar-refractivity contribution in [1.29, 1.82) is 0 Å². The number of amides is 1. The molecule has 0 saturated carbocycles. The van der Waals surface area contributed by atoms with Gasteiger partial charge in [0, 0.05) is 4.47 Å². The van der Waals surface area contributed by atoms with Gasteiger partial charge in [0.1, 0.15) is 18.1 Å². The van der Waals surface area contributed by atoms with Gasteiger partial charge >= 0.3 is 0 Å². The summed E-state index contributed by atoms with van der Waals surface area (Å²) < 4.78 is 12.0. The summed E-state index contributed by atoms with van der Waals surface area (Å²) in [4.78, 5) is 11.7. The van der Waals surface area contributed by atoms with Crippen molar-refractivity contribution in [2.24, 2.45) is 0 Å². The predicted molar refractivity (Wildman–Crippen MR) is 94.1 cm³/mol. The maximum atomic E-state index is 11.7. The highest BCUT2D eigenvalue weighted by Crippen LogP contribution is 2.21. The number of aryl methyl sites for hydroxylation is 2. The number of halogens is 1. The van der Waals surface area contributed by atoms with Gasteiger partial charge in [-0.3, -0.25) is 4.79 Å². The quantitative estimate of drug-likeness (QED) is 0.749. The second-order valence-electron chi connectivity index (χ2n) is 5.21. The summed E-state index contributed by atoms with van der Waals surface area (Å²) in [5.74, 6) is 1.32. The molecular weight excluding hydrogens is 358 g/mol. The Bertz CT molecular complexity index is 673. The van der Waals surface area contributed by atoms with E-state index in [1.165, 1.54) is 0 Å². The number of rotatable bonds is 7. The maximum absolute atomic E-state index is 11.7. The van der Waals surface area contributed by atoms with Crippen LogP contribution >= 0.6 is 15.9 Å². The SMILES string of the molecule is Cc1cccc(OCCNC(=O)COc2ccc(Br)c(C)c2)c1. The molecule has 0 saturated heterocycles. The summed E-state index contributed by atoms with van der Waals surface area (Å²) in [6, 6.07) is 13.4. The summed E-state index contributed by atoms with van der Waals surface area (Å²) in [5.41, 5.74) is 2.21. The molecule has 0 aromatic heterocycles. The molecule has 0 atom stereocenters. The van der Waals surface area contributed by atoms with Crippen molar-refractivity contribution in [2.45, 2.75) is 13.8 Å². The number of nitrogens with one attached hydrogen (secondary N) is 1. The molecule has 5 heteroatoms. The van der Waals surface area contributed by atoms with E-state index < -0.39 is 0 Å². The topological polar surface area (TPSA) is 47.6 Å². The largest absolute Gasteiger partial charge is 0.492 e. The monoisotopic (exact) mass is 377 g/mol. The van der Waals surface area contributed by atoms with Crippen LogP contribution in [0.2, 0.25) is 0 Å². The number of ether oxygens (including phenoxy) is 2. The van der Waals surface area contributed by atoms with Gasteiger partial charge in [0.25, 0.3) is 5.91 Å². The van der Waals surface area contributed by atoms with E-state index in [2.05, 4.69) is 21.2 Å². The molecule has 23 heavy (non-hydrogen) atoms. The molecule has 0 bridgehead atoms. The molecule has 0 fully saturated rings. The van der Waals surface area contributed by atoms with Crippen LogP contribution in [0.25, 0.3) is 0 Å². The number of carbonyl (C=O) groups is 1. The zero-order valence-electron chi connectivity index (χ0n) is 13.3. The first-order valence-corrected chi connectivity index (χ1v) is 8.19. The molecule has 0 aliphatic rings. The second-order valence-corrected chi connectivity index (χ2v) is 6.07. The van der Waals surface area contributed by atoms with Crippen LogP contribution in [-0.2, 0) is 4.79 Å². The number of carbonyl (C=O) groups excluding carboxylic acids is 1. The number of benzene rings is 2. The van der Waals surface area contributed by atoms with Crippen LogP contribution < -0.4 is 14.8 Å². The Kier molecular flexibility index (Phi) is 6.47. The fourth-order valence-electron chi connectivity index (χ4n) is 1.97. The lowest BCUT2D eigenvalue weighted by Crippen LogP contribution is -2.32. The predicted octanol–water partition coefficient (Wildman–Crippen LogP) is 3.64. The van der Waals surface area contributed by atoms with Gasteiger partial charge in [-0.15, -0.1) is 0 Å². The van der Waals surface area contributed by atoms with E-state index in [0.717, 1.165) is 21.3 Å². The Morgan fingerprint density at radius 3 is 2.61 bits per heavy atom. The van der Waals surface area contributed by atoms with Crippen molar-refractivity contribution < 1.29 is 14.3 Å². The minimum Gasteiger partial charge on any atom is -0.492 e. The summed E-state index contributed by atoms with van der Waals surface area (Å²) >= 11 is 3.43. The van der Waals surface area contributed by atoms with E-state index in [1.54, 1.807) is 0 Å². The average molecular weight is 378 g/mol. The molecule has 0 heterocycles. The lowest BCUT2D eigenvalue weighted by molar-refractivity contribution is -0.123. The van der Waals surface area contributed by atoms with Crippen molar-refractivity contribution in [2.75, 3.05) is 19.8 Å². The van der Waals surface area contributed by atoms with Crippen LogP contribution in [0.5, 0.6) is 11.5 Å². The van der Waals surface area contributed by atoms with Crippen molar-refractivity contribution in [3.05, 3.63) is 58.1 Å². The molecule has 1 N–H and O–H groups in total. The molecule has 0 aliphatic carbocycles. The first-order chi connectivity index (χ1) is 11.0. The third-order valence-electron chi connectivity index (χ3n) is 3.18. The van der Waals surface area contributed by atoms with E-state index in [4.69, 9.17) is 9.47 Å². The molecule has 2 aromatic carbocycles.